The summed E-state index contributed by atoms with van der Waals surface area (Å²) < 4.78 is 0. The lowest BCUT2D eigenvalue weighted by atomic mass is 10.2. The van der Waals surface area contributed by atoms with Crippen molar-refractivity contribution in [3.63, 3.8) is 0 Å². The van der Waals surface area contributed by atoms with E-state index in [-0.39, 0.29) is 17.5 Å². The summed E-state index contributed by atoms with van der Waals surface area (Å²) in [4.78, 5) is 14.6. The molecule has 3 N–H and O–H groups in total. The lowest BCUT2D eigenvalue weighted by Crippen LogP contribution is -2.21. The van der Waals surface area contributed by atoms with E-state index in [1.807, 2.05) is 0 Å². The second-order valence-corrected chi connectivity index (χ2v) is 5.24. The Morgan fingerprint density at radius 1 is 1.62 bits per heavy atom. The molecule has 5 nitrogen and oxygen atoms in total. The van der Waals surface area contributed by atoms with E-state index in [2.05, 4.69) is 4.98 Å². The zero-order valence-corrected chi connectivity index (χ0v) is 10.3. The molecule has 7 heteroatoms. The Morgan fingerprint density at radius 2 is 2.31 bits per heavy atom. The van der Waals surface area contributed by atoms with E-state index < -0.39 is 12.2 Å². The van der Waals surface area contributed by atoms with Gasteiger partial charge in [-0.05, 0) is 0 Å². The van der Waals surface area contributed by atoms with Crippen molar-refractivity contribution in [2.75, 3.05) is 5.75 Å². The molecule has 90 valence electrons. The molecule has 0 radical (unpaired) electrons. The Balaban J connectivity index is 2.55. The topological polar surface area (TPSA) is 90.7 Å². The van der Waals surface area contributed by atoms with Crippen LogP contribution in [0.5, 0.6) is 0 Å². The van der Waals surface area contributed by atoms with Crippen LogP contribution in [0.15, 0.2) is 5.38 Å². The number of thioether (sulfide) groups is 1. The minimum Gasteiger partial charge on any atom is -0.390 e. The minimum atomic E-state index is -1.11. The van der Waals surface area contributed by atoms with E-state index in [0.29, 0.717) is 10.7 Å². The second-order valence-electron chi connectivity index (χ2n) is 3.15. The molecule has 0 aliphatic carbocycles. The Labute approximate surface area is 101 Å². The number of carbonyl (C=O) groups excluding carboxylic acids is 1. The number of aliphatic hydroxyl groups is 3. The Bertz CT molecular complexity index is 355. The van der Waals surface area contributed by atoms with Gasteiger partial charge in [0.1, 0.15) is 11.1 Å². The quantitative estimate of drug-likeness (QED) is 0.708. The molecule has 0 saturated carbocycles. The van der Waals surface area contributed by atoms with Gasteiger partial charge >= 0.3 is 0 Å². The minimum absolute atomic E-state index is 0.110. The van der Waals surface area contributed by atoms with Crippen LogP contribution in [-0.2, 0) is 11.4 Å². The SMILES string of the molecule is CC(=O)SCC(O)C(O)c1nc(CO)cs1. The van der Waals surface area contributed by atoms with Crippen molar-refractivity contribution in [2.24, 2.45) is 0 Å². The van der Waals surface area contributed by atoms with Gasteiger partial charge in [-0.3, -0.25) is 4.79 Å². The predicted octanol–water partition coefficient (Wildman–Crippen LogP) is 0.309. The van der Waals surface area contributed by atoms with Gasteiger partial charge in [-0.2, -0.15) is 0 Å². The summed E-state index contributed by atoms with van der Waals surface area (Å²) in [6.45, 7) is 1.21. The molecule has 16 heavy (non-hydrogen) atoms. The van der Waals surface area contributed by atoms with Gasteiger partial charge in [0.05, 0.1) is 18.4 Å². The number of nitrogens with zero attached hydrogens (tertiary/aromatic N) is 1. The fourth-order valence-corrected chi connectivity index (χ4v) is 2.43. The summed E-state index contributed by atoms with van der Waals surface area (Å²) in [6, 6.07) is 0. The zero-order chi connectivity index (χ0) is 12.1. The van der Waals surface area contributed by atoms with Gasteiger partial charge in [0, 0.05) is 18.1 Å². The van der Waals surface area contributed by atoms with Crippen LogP contribution in [0.25, 0.3) is 0 Å². The first kappa shape index (κ1) is 13.6. The van der Waals surface area contributed by atoms with Gasteiger partial charge in [0.15, 0.2) is 5.12 Å². The van der Waals surface area contributed by atoms with Crippen LogP contribution >= 0.6 is 23.1 Å². The third kappa shape index (κ3) is 3.84. The van der Waals surface area contributed by atoms with Crippen molar-refractivity contribution in [2.45, 2.75) is 25.7 Å². The van der Waals surface area contributed by atoms with Crippen molar-refractivity contribution >= 4 is 28.2 Å². The molecule has 0 fully saturated rings. The fraction of sp³-hybridized carbons (Fsp3) is 0.556. The highest BCUT2D eigenvalue weighted by Gasteiger charge is 2.22. The number of hydrogen-bond acceptors (Lipinski definition) is 7. The van der Waals surface area contributed by atoms with Crippen LogP contribution in [-0.4, -0.2) is 37.3 Å². The summed E-state index contributed by atoms with van der Waals surface area (Å²) in [6.07, 6.45) is -2.15. The number of aromatic nitrogens is 1. The number of rotatable bonds is 5. The molecule has 2 atom stereocenters. The third-order valence-electron chi connectivity index (χ3n) is 1.81. The molecule has 0 spiro atoms. The van der Waals surface area contributed by atoms with Gasteiger partial charge in [-0.25, -0.2) is 4.98 Å². The third-order valence-corrected chi connectivity index (χ3v) is 3.69. The average molecular weight is 263 g/mol. The zero-order valence-electron chi connectivity index (χ0n) is 8.66. The molecule has 0 aliphatic rings. The molecule has 0 aromatic carbocycles. The maximum atomic E-state index is 10.7. The highest BCUT2D eigenvalue weighted by Crippen LogP contribution is 2.23. The Morgan fingerprint density at radius 3 is 2.81 bits per heavy atom. The first-order valence-corrected chi connectivity index (χ1v) is 6.45. The summed E-state index contributed by atoms with van der Waals surface area (Å²) in [5.74, 6) is 0.130. The molecule has 1 aromatic heterocycles. The summed E-state index contributed by atoms with van der Waals surface area (Å²) in [5, 5.41) is 29.9. The molecular weight excluding hydrogens is 250 g/mol. The largest absolute Gasteiger partial charge is 0.390 e. The number of thiazole rings is 1. The van der Waals surface area contributed by atoms with Crippen molar-refractivity contribution in [3.8, 4) is 0 Å². The molecule has 0 bridgehead atoms. The van der Waals surface area contributed by atoms with Crippen molar-refractivity contribution in [1.29, 1.82) is 0 Å². The monoisotopic (exact) mass is 263 g/mol. The standard InChI is InChI=1S/C9H13NO4S2/c1-5(12)15-4-7(13)8(14)9-10-6(2-11)3-16-9/h3,7-8,11,13-14H,2,4H2,1H3. The normalized spacial score (nSPS) is 14.8. The Hall–Kier alpha value is -0.470. The van der Waals surface area contributed by atoms with Crippen molar-refractivity contribution in [3.05, 3.63) is 16.1 Å². The van der Waals surface area contributed by atoms with Crippen molar-refractivity contribution < 1.29 is 20.1 Å². The van der Waals surface area contributed by atoms with E-state index in [1.165, 1.54) is 18.3 Å². The van der Waals surface area contributed by atoms with E-state index in [0.717, 1.165) is 11.8 Å². The van der Waals surface area contributed by atoms with E-state index in [9.17, 15) is 15.0 Å². The van der Waals surface area contributed by atoms with Crippen LogP contribution in [0, 0.1) is 0 Å². The first-order valence-electron chi connectivity index (χ1n) is 4.59. The molecule has 0 saturated heterocycles. The first-order chi connectivity index (χ1) is 7.54. The summed E-state index contributed by atoms with van der Waals surface area (Å²) >= 11 is 2.12. The van der Waals surface area contributed by atoms with Crippen LogP contribution < -0.4 is 0 Å². The average Bonchev–Trinajstić information content (AvgIpc) is 2.73. The number of carbonyl (C=O) groups is 1. The highest BCUT2D eigenvalue weighted by atomic mass is 32.2. The number of aliphatic hydroxyl groups excluding tert-OH is 3. The molecule has 1 heterocycles. The van der Waals surface area contributed by atoms with E-state index in [4.69, 9.17) is 5.11 Å². The molecule has 1 aromatic rings. The van der Waals surface area contributed by atoms with Crippen molar-refractivity contribution in [1.82, 2.24) is 4.98 Å². The summed E-state index contributed by atoms with van der Waals surface area (Å²) in [5.41, 5.74) is 0.463. The Kier molecular flexibility index (Phi) is 5.36. The molecular formula is C9H13NO4S2. The van der Waals surface area contributed by atoms with Gasteiger partial charge in [0.25, 0.3) is 0 Å². The number of hydrogen-bond donors (Lipinski definition) is 3. The van der Waals surface area contributed by atoms with Gasteiger partial charge in [-0.1, -0.05) is 11.8 Å². The van der Waals surface area contributed by atoms with Crippen LogP contribution in [0.3, 0.4) is 0 Å². The smallest absolute Gasteiger partial charge is 0.185 e. The molecule has 0 amide bonds. The van der Waals surface area contributed by atoms with Gasteiger partial charge in [0.2, 0.25) is 0 Å². The van der Waals surface area contributed by atoms with E-state index >= 15 is 0 Å². The summed E-state index contributed by atoms with van der Waals surface area (Å²) in [7, 11) is 0. The maximum Gasteiger partial charge on any atom is 0.185 e. The van der Waals surface area contributed by atoms with Crippen LogP contribution in [0.2, 0.25) is 0 Å². The fourth-order valence-electron chi connectivity index (χ4n) is 0.990. The predicted molar refractivity (Wildman–Crippen MR) is 62.1 cm³/mol. The maximum absolute atomic E-state index is 10.7. The van der Waals surface area contributed by atoms with Crippen LogP contribution in [0.1, 0.15) is 23.7 Å². The molecule has 0 aliphatic heterocycles. The van der Waals surface area contributed by atoms with Gasteiger partial charge < -0.3 is 15.3 Å². The van der Waals surface area contributed by atoms with Gasteiger partial charge in [-0.15, -0.1) is 11.3 Å². The van der Waals surface area contributed by atoms with E-state index in [1.54, 1.807) is 5.38 Å². The molecule has 2 unspecified atom stereocenters. The lowest BCUT2D eigenvalue weighted by Gasteiger charge is -2.14. The lowest BCUT2D eigenvalue weighted by molar-refractivity contribution is -0.109. The molecule has 1 rings (SSSR count). The van der Waals surface area contributed by atoms with Crippen LogP contribution in [0.4, 0.5) is 0 Å². The second kappa shape index (κ2) is 6.31. The highest BCUT2D eigenvalue weighted by molar-refractivity contribution is 8.13.